The second-order valence-electron chi connectivity index (χ2n) is 11.0. The van der Waals surface area contributed by atoms with Gasteiger partial charge in [-0.05, 0) is 44.1 Å². The molecule has 0 unspecified atom stereocenters. The van der Waals surface area contributed by atoms with Crippen molar-refractivity contribution in [3.8, 4) is 5.88 Å². The number of pyridine rings is 1. The van der Waals surface area contributed by atoms with Gasteiger partial charge in [0.1, 0.15) is 12.3 Å². The number of hydrogen-bond donors (Lipinski definition) is 1. The molecule has 1 aromatic heterocycles. The zero-order chi connectivity index (χ0) is 27.2. The Morgan fingerprint density at radius 3 is 2.49 bits per heavy atom. The topological polar surface area (TPSA) is 114 Å². The van der Waals surface area contributed by atoms with Crippen molar-refractivity contribution in [2.45, 2.75) is 57.2 Å². The number of ether oxygens (including phenoxy) is 3. The maximum Gasteiger partial charge on any atom is 0.270 e. The second kappa shape index (κ2) is 13.1. The number of nitrogens with zero attached hydrogens (tertiary/aromatic N) is 4. The predicted molar refractivity (Wildman–Crippen MR) is 142 cm³/mol. The van der Waals surface area contributed by atoms with Crippen molar-refractivity contribution in [1.82, 2.24) is 25.0 Å². The summed E-state index contributed by atoms with van der Waals surface area (Å²) in [4.78, 5) is 49.8. The summed E-state index contributed by atoms with van der Waals surface area (Å²) in [5.41, 5.74) is 0.283. The van der Waals surface area contributed by atoms with Crippen LogP contribution in [0.4, 0.5) is 0 Å². The molecule has 214 valence electrons. The van der Waals surface area contributed by atoms with Crippen LogP contribution in [0.5, 0.6) is 5.88 Å². The highest BCUT2D eigenvalue weighted by molar-refractivity contribution is 5.92. The van der Waals surface area contributed by atoms with Crippen molar-refractivity contribution in [1.29, 1.82) is 0 Å². The fourth-order valence-electron chi connectivity index (χ4n) is 6.23. The number of amides is 3. The van der Waals surface area contributed by atoms with E-state index in [1.165, 1.54) is 0 Å². The molecule has 5 aliphatic heterocycles. The molecule has 39 heavy (non-hydrogen) atoms. The van der Waals surface area contributed by atoms with Crippen LogP contribution in [0.3, 0.4) is 0 Å². The van der Waals surface area contributed by atoms with Crippen LogP contribution in [0.2, 0.25) is 0 Å². The minimum atomic E-state index is -0.266. The van der Waals surface area contributed by atoms with Gasteiger partial charge in [-0.3, -0.25) is 19.3 Å². The third-order valence-electron chi connectivity index (χ3n) is 8.41. The first-order valence-corrected chi connectivity index (χ1v) is 14.3. The molecule has 1 N–H and O–H groups in total. The summed E-state index contributed by atoms with van der Waals surface area (Å²) in [5, 5.41) is 3.13. The zero-order valence-electron chi connectivity index (χ0n) is 22.9. The quantitative estimate of drug-likeness (QED) is 0.521. The summed E-state index contributed by atoms with van der Waals surface area (Å²) in [6.45, 7) is 7.26. The van der Waals surface area contributed by atoms with Gasteiger partial charge in [-0.1, -0.05) is 6.07 Å². The Kier molecular flexibility index (Phi) is 9.31. The summed E-state index contributed by atoms with van der Waals surface area (Å²) < 4.78 is 17.0. The Bertz CT molecular complexity index is 1010. The Morgan fingerprint density at radius 2 is 1.72 bits per heavy atom. The van der Waals surface area contributed by atoms with E-state index >= 15 is 0 Å². The summed E-state index contributed by atoms with van der Waals surface area (Å²) in [6.07, 6.45) is 4.09. The van der Waals surface area contributed by atoms with Crippen LogP contribution in [-0.2, 0) is 19.1 Å². The molecule has 1 aromatic rings. The third-order valence-corrected chi connectivity index (χ3v) is 8.41. The number of nitrogens with one attached hydrogen (secondary N) is 1. The van der Waals surface area contributed by atoms with Crippen LogP contribution in [0, 0.1) is 5.92 Å². The van der Waals surface area contributed by atoms with E-state index in [-0.39, 0.29) is 41.5 Å². The summed E-state index contributed by atoms with van der Waals surface area (Å²) in [5.74, 6) is 0.630. The minimum absolute atomic E-state index is 0.0361. The van der Waals surface area contributed by atoms with Crippen LogP contribution < -0.4 is 10.1 Å². The van der Waals surface area contributed by atoms with Crippen LogP contribution in [0.1, 0.15) is 49.5 Å². The average molecular weight is 544 g/mol. The molecular weight excluding hydrogens is 502 g/mol. The number of carbonyl (C=O) groups is 3. The SMILES string of the molecule is CC(=O)N1CCOCCOc2cccc(n2)C(=O)N[C@H]2C[C@@H](C(=O)N3CCC(CC3)C1)N(C1CCOCC1)C2. The van der Waals surface area contributed by atoms with Crippen molar-refractivity contribution >= 4 is 17.7 Å². The molecule has 6 bridgehead atoms. The standard InChI is InChI=1S/C28H41N5O6/c1-20(34)32-11-14-38-15-16-39-26-4-2-3-24(30-26)27(35)29-22-17-25(33(19-22)23-7-12-37-13-8-23)28(36)31-9-5-21(18-32)6-10-31/h2-4,21-23,25H,5-19H2,1H3,(H,29,35)/t22-,25-/m0/s1. The van der Waals surface area contributed by atoms with Crippen LogP contribution in [-0.4, -0.2) is 121 Å². The van der Waals surface area contributed by atoms with E-state index in [9.17, 15) is 14.4 Å². The molecule has 3 fully saturated rings. The normalized spacial score (nSPS) is 28.5. The molecule has 0 spiro atoms. The highest BCUT2D eigenvalue weighted by atomic mass is 16.5. The Morgan fingerprint density at radius 1 is 0.949 bits per heavy atom. The smallest absolute Gasteiger partial charge is 0.270 e. The predicted octanol–water partition coefficient (Wildman–Crippen LogP) is 0.929. The van der Waals surface area contributed by atoms with E-state index in [1.54, 1.807) is 25.1 Å². The van der Waals surface area contributed by atoms with Gasteiger partial charge in [0.2, 0.25) is 17.7 Å². The molecule has 0 saturated carbocycles. The van der Waals surface area contributed by atoms with Crippen molar-refractivity contribution < 1.29 is 28.6 Å². The van der Waals surface area contributed by atoms with Crippen LogP contribution >= 0.6 is 0 Å². The first kappa shape index (κ1) is 27.8. The van der Waals surface area contributed by atoms with Crippen molar-refractivity contribution in [2.75, 3.05) is 65.8 Å². The molecule has 5 aliphatic rings. The molecule has 11 heteroatoms. The number of hydrogen-bond acceptors (Lipinski definition) is 8. The number of aromatic nitrogens is 1. The largest absolute Gasteiger partial charge is 0.475 e. The third kappa shape index (κ3) is 7.06. The number of likely N-dealkylation sites (tertiary alicyclic amines) is 1. The van der Waals surface area contributed by atoms with Crippen molar-refractivity contribution in [3.05, 3.63) is 23.9 Å². The molecule has 3 saturated heterocycles. The molecule has 6 heterocycles. The van der Waals surface area contributed by atoms with Gasteiger partial charge in [0.25, 0.3) is 5.91 Å². The highest BCUT2D eigenvalue weighted by Crippen LogP contribution is 2.29. The second-order valence-corrected chi connectivity index (χ2v) is 11.0. The first-order valence-electron chi connectivity index (χ1n) is 14.3. The number of rotatable bonds is 1. The fourth-order valence-corrected chi connectivity index (χ4v) is 6.23. The zero-order valence-corrected chi connectivity index (χ0v) is 22.9. The van der Waals surface area contributed by atoms with Crippen molar-refractivity contribution in [2.24, 2.45) is 5.92 Å². The van der Waals surface area contributed by atoms with E-state index in [4.69, 9.17) is 14.2 Å². The van der Waals surface area contributed by atoms with Gasteiger partial charge in [0, 0.05) is 71.0 Å². The van der Waals surface area contributed by atoms with E-state index < -0.39 is 0 Å². The maximum absolute atomic E-state index is 13.9. The lowest BCUT2D eigenvalue weighted by atomic mass is 9.95. The van der Waals surface area contributed by atoms with E-state index in [2.05, 4.69) is 15.2 Å². The molecule has 2 atom stereocenters. The highest BCUT2D eigenvalue weighted by Gasteiger charge is 2.43. The Hall–Kier alpha value is -2.76. The van der Waals surface area contributed by atoms with Crippen molar-refractivity contribution in [3.63, 3.8) is 0 Å². The van der Waals surface area contributed by atoms with E-state index in [0.29, 0.717) is 84.0 Å². The monoisotopic (exact) mass is 543 g/mol. The average Bonchev–Trinajstić information content (AvgIpc) is 3.38. The number of piperidine rings is 1. The Labute approximate surface area is 230 Å². The van der Waals surface area contributed by atoms with Crippen LogP contribution in [0.25, 0.3) is 0 Å². The van der Waals surface area contributed by atoms with Gasteiger partial charge in [-0.25, -0.2) is 4.98 Å². The molecule has 6 rings (SSSR count). The maximum atomic E-state index is 13.9. The molecular formula is C28H41N5O6. The summed E-state index contributed by atoms with van der Waals surface area (Å²) >= 11 is 0. The van der Waals surface area contributed by atoms with E-state index in [1.807, 2.05) is 9.80 Å². The van der Waals surface area contributed by atoms with Gasteiger partial charge in [-0.15, -0.1) is 0 Å². The summed E-state index contributed by atoms with van der Waals surface area (Å²) in [7, 11) is 0. The summed E-state index contributed by atoms with van der Waals surface area (Å²) in [6, 6.07) is 4.98. The Balaban J connectivity index is 1.34. The lowest BCUT2D eigenvalue weighted by Gasteiger charge is -2.39. The van der Waals surface area contributed by atoms with E-state index in [0.717, 1.165) is 25.7 Å². The molecule has 3 amide bonds. The lowest BCUT2D eigenvalue weighted by molar-refractivity contribution is -0.139. The molecule has 0 aliphatic carbocycles. The van der Waals surface area contributed by atoms with Gasteiger partial charge >= 0.3 is 0 Å². The van der Waals surface area contributed by atoms with Gasteiger partial charge in [-0.2, -0.15) is 0 Å². The lowest BCUT2D eigenvalue weighted by Crippen LogP contribution is -2.52. The van der Waals surface area contributed by atoms with Gasteiger partial charge in [0.05, 0.1) is 19.3 Å². The van der Waals surface area contributed by atoms with Gasteiger partial charge in [0.15, 0.2) is 0 Å². The van der Waals surface area contributed by atoms with Crippen LogP contribution in [0.15, 0.2) is 18.2 Å². The molecule has 0 aromatic carbocycles. The number of carbonyl (C=O) groups excluding carboxylic acids is 3. The molecule has 11 nitrogen and oxygen atoms in total. The fraction of sp³-hybridized carbons (Fsp3) is 0.714. The minimum Gasteiger partial charge on any atom is -0.475 e. The molecule has 0 radical (unpaired) electrons. The first-order chi connectivity index (χ1) is 19.0. The van der Waals surface area contributed by atoms with Gasteiger partial charge < -0.3 is 29.3 Å². The number of fused-ring (bicyclic) bond motifs is 10.